The van der Waals surface area contributed by atoms with Crippen molar-refractivity contribution in [1.82, 2.24) is 19.2 Å². The van der Waals surface area contributed by atoms with Crippen LogP contribution in [0.2, 0.25) is 0 Å². The van der Waals surface area contributed by atoms with Crippen LogP contribution in [0.1, 0.15) is 19.2 Å². The molecule has 0 spiro atoms. The maximum atomic E-state index is 11.1. The van der Waals surface area contributed by atoms with Crippen molar-refractivity contribution in [2.45, 2.75) is 33.0 Å². The van der Waals surface area contributed by atoms with E-state index in [0.29, 0.717) is 17.9 Å². The highest BCUT2D eigenvalue weighted by Crippen LogP contribution is 2.20. The topological polar surface area (TPSA) is 81.5 Å². The number of nitrogens with two attached hydrogens (primary N) is 1. The molecule has 1 aliphatic heterocycles. The van der Waals surface area contributed by atoms with Crippen molar-refractivity contribution in [1.29, 1.82) is 0 Å². The number of anilines is 1. The second-order valence-electron chi connectivity index (χ2n) is 6.85. The predicted molar refractivity (Wildman–Crippen MR) is 111 cm³/mol. The van der Waals surface area contributed by atoms with Crippen molar-refractivity contribution in [3.63, 3.8) is 0 Å². The smallest absolute Gasteiger partial charge is 0.217 e. The first-order valence-corrected chi connectivity index (χ1v) is 9.98. The highest BCUT2D eigenvalue weighted by Gasteiger charge is 2.19. The van der Waals surface area contributed by atoms with Gasteiger partial charge in [-0.05, 0) is 43.4 Å². The van der Waals surface area contributed by atoms with Crippen LogP contribution < -0.4 is 15.4 Å². The molecule has 28 heavy (non-hydrogen) atoms. The molecule has 0 saturated carbocycles. The molecular formula is C19H28N6O2S. The SMILES string of the molecule is CCn1c(CCC(N)=O)nn(CN2CCN(c3ccc(OC)cc3)CC2)c1=S. The van der Waals surface area contributed by atoms with Crippen molar-refractivity contribution in [3.8, 4) is 5.75 Å². The molecule has 1 aliphatic rings. The molecule has 1 amide bonds. The quantitative estimate of drug-likeness (QED) is 0.674. The first kappa shape index (κ1) is 20.3. The third-order valence-electron chi connectivity index (χ3n) is 5.05. The summed E-state index contributed by atoms with van der Waals surface area (Å²) >= 11 is 5.58. The Kier molecular flexibility index (Phi) is 6.69. The van der Waals surface area contributed by atoms with Gasteiger partial charge in [-0.25, -0.2) is 4.68 Å². The summed E-state index contributed by atoms with van der Waals surface area (Å²) in [6, 6.07) is 8.18. The molecule has 1 aromatic heterocycles. The van der Waals surface area contributed by atoms with Crippen molar-refractivity contribution >= 4 is 23.8 Å². The van der Waals surface area contributed by atoms with E-state index in [1.165, 1.54) is 5.69 Å². The van der Waals surface area contributed by atoms with Crippen LogP contribution in [0.3, 0.4) is 0 Å². The van der Waals surface area contributed by atoms with Gasteiger partial charge in [-0.15, -0.1) is 0 Å². The second-order valence-corrected chi connectivity index (χ2v) is 7.22. The van der Waals surface area contributed by atoms with Crippen LogP contribution >= 0.6 is 12.2 Å². The van der Waals surface area contributed by atoms with Gasteiger partial charge in [0.1, 0.15) is 11.6 Å². The molecule has 0 unspecified atom stereocenters. The van der Waals surface area contributed by atoms with Gasteiger partial charge < -0.3 is 19.9 Å². The van der Waals surface area contributed by atoms with Gasteiger partial charge in [0.25, 0.3) is 0 Å². The van der Waals surface area contributed by atoms with Gasteiger partial charge in [-0.1, -0.05) is 0 Å². The molecule has 0 radical (unpaired) electrons. The largest absolute Gasteiger partial charge is 0.497 e. The van der Waals surface area contributed by atoms with Gasteiger partial charge in [-0.3, -0.25) is 9.69 Å². The summed E-state index contributed by atoms with van der Waals surface area (Å²) in [5.74, 6) is 1.37. The third kappa shape index (κ3) is 4.71. The lowest BCUT2D eigenvalue weighted by Crippen LogP contribution is -2.47. The molecule has 0 bridgehead atoms. The molecule has 9 heteroatoms. The number of aryl methyl sites for hydroxylation is 1. The molecular weight excluding hydrogens is 376 g/mol. The van der Waals surface area contributed by atoms with Gasteiger partial charge in [0, 0.05) is 51.3 Å². The number of nitrogens with zero attached hydrogens (tertiary/aromatic N) is 5. The maximum Gasteiger partial charge on any atom is 0.217 e. The number of piperazine rings is 1. The number of ether oxygens (including phenoxy) is 1. The van der Waals surface area contributed by atoms with E-state index in [1.54, 1.807) is 7.11 Å². The Morgan fingerprint density at radius 1 is 1.21 bits per heavy atom. The minimum absolute atomic E-state index is 0.284. The Balaban J connectivity index is 1.61. The van der Waals surface area contributed by atoms with Gasteiger partial charge in [0.15, 0.2) is 4.77 Å². The lowest BCUT2D eigenvalue weighted by atomic mass is 10.2. The zero-order valence-electron chi connectivity index (χ0n) is 16.5. The summed E-state index contributed by atoms with van der Waals surface area (Å²) in [7, 11) is 1.68. The standard InChI is InChI=1S/C19H28N6O2S/c1-3-24-18(9-8-17(20)26)21-25(19(24)28)14-22-10-12-23(13-11-22)15-4-6-16(27-2)7-5-15/h4-7H,3,8-14H2,1-2H3,(H2,20,26). The molecule has 2 heterocycles. The predicted octanol–water partition coefficient (Wildman–Crippen LogP) is 1.64. The van der Waals surface area contributed by atoms with E-state index >= 15 is 0 Å². The van der Waals surface area contributed by atoms with E-state index in [9.17, 15) is 4.79 Å². The number of hydrogen-bond acceptors (Lipinski definition) is 6. The van der Waals surface area contributed by atoms with Crippen LogP contribution in [0.5, 0.6) is 5.75 Å². The highest BCUT2D eigenvalue weighted by atomic mass is 32.1. The van der Waals surface area contributed by atoms with Crippen LogP contribution in [-0.4, -0.2) is 58.4 Å². The summed E-state index contributed by atoms with van der Waals surface area (Å²) in [5.41, 5.74) is 6.48. The van der Waals surface area contributed by atoms with Gasteiger partial charge in [0.2, 0.25) is 5.91 Å². The number of aromatic nitrogens is 3. The molecule has 0 aliphatic carbocycles. The molecule has 1 fully saturated rings. The maximum absolute atomic E-state index is 11.1. The van der Waals surface area contributed by atoms with Crippen molar-refractivity contribution in [2.24, 2.45) is 5.73 Å². The molecule has 2 aromatic rings. The fourth-order valence-corrected chi connectivity index (χ4v) is 3.78. The molecule has 3 rings (SSSR count). The van der Waals surface area contributed by atoms with Gasteiger partial charge >= 0.3 is 0 Å². The van der Waals surface area contributed by atoms with Gasteiger partial charge in [0.05, 0.1) is 13.8 Å². The summed E-state index contributed by atoms with van der Waals surface area (Å²) in [5, 5.41) is 4.64. The van der Waals surface area contributed by atoms with Crippen LogP contribution in [-0.2, 0) is 24.4 Å². The Morgan fingerprint density at radius 2 is 1.89 bits per heavy atom. The van der Waals surface area contributed by atoms with E-state index in [-0.39, 0.29) is 12.3 Å². The number of primary amides is 1. The number of carbonyl (C=O) groups excluding carboxylic acids is 1. The number of carbonyl (C=O) groups is 1. The van der Waals surface area contributed by atoms with E-state index in [2.05, 4.69) is 27.0 Å². The molecule has 152 valence electrons. The zero-order valence-corrected chi connectivity index (χ0v) is 17.3. The van der Waals surface area contributed by atoms with Gasteiger partial charge in [-0.2, -0.15) is 5.10 Å². The Morgan fingerprint density at radius 3 is 2.46 bits per heavy atom. The van der Waals surface area contributed by atoms with Crippen LogP contribution in [0.4, 0.5) is 5.69 Å². The third-order valence-corrected chi connectivity index (χ3v) is 5.49. The first-order chi connectivity index (χ1) is 13.5. The van der Waals surface area contributed by atoms with Crippen LogP contribution in [0.25, 0.3) is 0 Å². The van der Waals surface area contributed by atoms with E-state index in [1.807, 2.05) is 28.3 Å². The van der Waals surface area contributed by atoms with Crippen LogP contribution in [0, 0.1) is 4.77 Å². The number of rotatable bonds is 8. The Bertz CT molecular complexity index is 852. The van der Waals surface area contributed by atoms with E-state index in [4.69, 9.17) is 22.7 Å². The fourth-order valence-electron chi connectivity index (χ4n) is 3.45. The van der Waals surface area contributed by atoms with Crippen molar-refractivity contribution in [3.05, 3.63) is 34.9 Å². The Hall–Kier alpha value is -2.39. The molecule has 8 nitrogen and oxygen atoms in total. The molecule has 1 aromatic carbocycles. The molecule has 2 N–H and O–H groups in total. The lowest BCUT2D eigenvalue weighted by molar-refractivity contribution is -0.118. The van der Waals surface area contributed by atoms with Crippen LogP contribution in [0.15, 0.2) is 24.3 Å². The minimum atomic E-state index is -0.322. The summed E-state index contributed by atoms with van der Waals surface area (Å²) in [6.07, 6.45) is 0.803. The molecule has 1 saturated heterocycles. The zero-order chi connectivity index (χ0) is 20.1. The second kappa shape index (κ2) is 9.20. The lowest BCUT2D eigenvalue weighted by Gasteiger charge is -2.35. The summed E-state index contributed by atoms with van der Waals surface area (Å²) < 4.78 is 9.76. The number of benzene rings is 1. The minimum Gasteiger partial charge on any atom is -0.497 e. The Labute approximate surface area is 170 Å². The average Bonchev–Trinajstić information content (AvgIpc) is 3.01. The fraction of sp³-hybridized carbons (Fsp3) is 0.526. The normalized spacial score (nSPS) is 15.0. The van der Waals surface area contributed by atoms with E-state index < -0.39 is 0 Å². The summed E-state index contributed by atoms with van der Waals surface area (Å²) in [6.45, 7) is 7.19. The van der Waals surface area contributed by atoms with Crippen molar-refractivity contribution < 1.29 is 9.53 Å². The van der Waals surface area contributed by atoms with Crippen molar-refractivity contribution in [2.75, 3.05) is 38.2 Å². The monoisotopic (exact) mass is 404 g/mol. The number of hydrogen-bond donors (Lipinski definition) is 1. The number of methoxy groups -OCH3 is 1. The average molecular weight is 405 g/mol. The summed E-state index contributed by atoms with van der Waals surface area (Å²) in [4.78, 5) is 15.8. The van der Waals surface area contributed by atoms with E-state index in [0.717, 1.165) is 44.3 Å². The molecule has 0 atom stereocenters. The highest BCUT2D eigenvalue weighted by molar-refractivity contribution is 7.71. The number of amides is 1. The first-order valence-electron chi connectivity index (χ1n) is 9.58.